The lowest BCUT2D eigenvalue weighted by atomic mass is 9.94. The third-order valence-electron chi connectivity index (χ3n) is 9.80. The summed E-state index contributed by atoms with van der Waals surface area (Å²) in [5.74, 6) is 0. The van der Waals surface area contributed by atoms with E-state index in [2.05, 4.69) is 222 Å². The number of aromatic nitrogens is 1. The highest BCUT2D eigenvalue weighted by atomic mass is 15.1. The van der Waals surface area contributed by atoms with Crippen LogP contribution in [0.3, 0.4) is 0 Å². The first-order chi connectivity index (χ1) is 25.8. The van der Waals surface area contributed by atoms with Crippen molar-refractivity contribution >= 4 is 51.0 Å². The van der Waals surface area contributed by atoms with E-state index >= 15 is 0 Å². The van der Waals surface area contributed by atoms with Crippen molar-refractivity contribution in [1.82, 2.24) is 4.57 Å². The van der Waals surface area contributed by atoms with Gasteiger partial charge in [-0.25, -0.2) is 0 Å². The van der Waals surface area contributed by atoms with Gasteiger partial charge in [-0.05, 0) is 94.0 Å². The highest BCUT2D eigenvalue weighted by Crippen LogP contribution is 2.40. The summed E-state index contributed by atoms with van der Waals surface area (Å²) in [4.78, 5) is 2.34. The Morgan fingerprint density at radius 3 is 1.54 bits per heavy atom. The topological polar surface area (TPSA) is 8.17 Å². The van der Waals surface area contributed by atoms with Gasteiger partial charge in [-0.1, -0.05) is 158 Å². The molecule has 0 bridgehead atoms. The van der Waals surface area contributed by atoms with Gasteiger partial charge in [0, 0.05) is 33.5 Å². The Balaban J connectivity index is 1.11. The van der Waals surface area contributed by atoms with E-state index in [-0.39, 0.29) is 0 Å². The van der Waals surface area contributed by atoms with E-state index in [4.69, 9.17) is 0 Å². The lowest BCUT2D eigenvalue weighted by Gasteiger charge is -2.25. The maximum absolute atomic E-state index is 2.39. The van der Waals surface area contributed by atoms with Gasteiger partial charge < -0.3 is 9.47 Å². The van der Waals surface area contributed by atoms with Crippen LogP contribution in [0.15, 0.2) is 206 Å². The van der Waals surface area contributed by atoms with Gasteiger partial charge in [-0.2, -0.15) is 0 Å². The highest BCUT2D eigenvalue weighted by Gasteiger charge is 2.17. The monoisotopic (exact) mass is 664 g/mol. The van der Waals surface area contributed by atoms with Gasteiger partial charge in [-0.3, -0.25) is 0 Å². The van der Waals surface area contributed by atoms with Gasteiger partial charge in [0.05, 0.1) is 11.0 Å². The summed E-state index contributed by atoms with van der Waals surface area (Å²) in [6.45, 7) is 0. The van der Waals surface area contributed by atoms with Crippen molar-refractivity contribution in [2.45, 2.75) is 0 Å². The molecule has 0 fully saturated rings. The first kappa shape index (κ1) is 31.1. The van der Waals surface area contributed by atoms with Crippen LogP contribution in [-0.2, 0) is 0 Å². The second-order valence-electron chi connectivity index (χ2n) is 13.0. The summed E-state index contributed by atoms with van der Waals surface area (Å²) in [6, 6.07) is 73.7. The predicted molar refractivity (Wildman–Crippen MR) is 222 cm³/mol. The van der Waals surface area contributed by atoms with Crippen LogP contribution in [0.2, 0.25) is 0 Å². The third-order valence-corrected chi connectivity index (χ3v) is 9.80. The lowest BCUT2D eigenvalue weighted by Crippen LogP contribution is -2.09. The minimum atomic E-state index is 1.11. The molecule has 0 aliphatic rings. The molecule has 0 radical (unpaired) electrons. The quantitative estimate of drug-likeness (QED) is 0.147. The van der Waals surface area contributed by atoms with Crippen molar-refractivity contribution in [2.75, 3.05) is 4.90 Å². The Morgan fingerprint density at radius 1 is 0.346 bits per heavy atom. The fraction of sp³-hybridized carbons (Fsp3) is 0. The maximum Gasteiger partial charge on any atom is 0.0542 e. The lowest BCUT2D eigenvalue weighted by molar-refractivity contribution is 1.18. The van der Waals surface area contributed by atoms with Crippen LogP contribution in [0.1, 0.15) is 11.1 Å². The van der Waals surface area contributed by atoms with Crippen LogP contribution in [-0.4, -0.2) is 4.57 Å². The van der Waals surface area contributed by atoms with E-state index in [0.29, 0.717) is 0 Å². The Labute approximate surface area is 304 Å². The van der Waals surface area contributed by atoms with Crippen molar-refractivity contribution in [2.24, 2.45) is 0 Å². The Kier molecular flexibility index (Phi) is 8.24. The molecule has 0 aliphatic heterocycles. The first-order valence-electron chi connectivity index (χ1n) is 17.8. The molecule has 0 unspecified atom stereocenters. The van der Waals surface area contributed by atoms with Crippen LogP contribution < -0.4 is 4.90 Å². The first-order valence-corrected chi connectivity index (χ1v) is 17.8. The van der Waals surface area contributed by atoms with E-state index in [1.807, 2.05) is 6.07 Å². The van der Waals surface area contributed by atoms with Crippen LogP contribution in [0.5, 0.6) is 0 Å². The molecule has 0 atom stereocenters. The molecule has 0 saturated carbocycles. The molecular formula is C50H36N2. The summed E-state index contributed by atoms with van der Waals surface area (Å²) in [7, 11) is 0. The van der Waals surface area contributed by atoms with Crippen LogP contribution in [0.4, 0.5) is 17.1 Å². The van der Waals surface area contributed by atoms with Gasteiger partial charge in [0.25, 0.3) is 0 Å². The van der Waals surface area contributed by atoms with E-state index in [1.54, 1.807) is 0 Å². The van der Waals surface area contributed by atoms with E-state index in [9.17, 15) is 0 Å². The number of para-hydroxylation sites is 2. The smallest absolute Gasteiger partial charge is 0.0542 e. The summed E-state index contributed by atoms with van der Waals surface area (Å²) in [5, 5.41) is 2.45. The minimum absolute atomic E-state index is 1.11. The van der Waals surface area contributed by atoms with Crippen molar-refractivity contribution in [3.8, 4) is 27.9 Å². The van der Waals surface area contributed by atoms with E-state index in [1.165, 1.54) is 49.6 Å². The second kappa shape index (κ2) is 13.8. The number of hydrogen-bond acceptors (Lipinski definition) is 1. The molecule has 1 heterocycles. The molecule has 52 heavy (non-hydrogen) atoms. The van der Waals surface area contributed by atoms with Gasteiger partial charge in [0.2, 0.25) is 0 Å². The number of fused-ring (bicyclic) bond motifs is 3. The van der Waals surface area contributed by atoms with Crippen LogP contribution in [0, 0.1) is 0 Å². The fourth-order valence-electron chi connectivity index (χ4n) is 7.29. The molecule has 0 amide bonds. The minimum Gasteiger partial charge on any atom is -0.310 e. The zero-order valence-corrected chi connectivity index (χ0v) is 28.7. The third kappa shape index (κ3) is 5.97. The summed E-state index contributed by atoms with van der Waals surface area (Å²) >= 11 is 0. The summed E-state index contributed by atoms with van der Waals surface area (Å²) < 4.78 is 2.39. The molecule has 9 rings (SSSR count). The largest absolute Gasteiger partial charge is 0.310 e. The average molecular weight is 665 g/mol. The fourth-order valence-corrected chi connectivity index (χ4v) is 7.29. The molecular weight excluding hydrogens is 629 g/mol. The molecule has 246 valence electrons. The van der Waals surface area contributed by atoms with Crippen molar-refractivity contribution in [1.29, 1.82) is 0 Å². The number of anilines is 3. The van der Waals surface area contributed by atoms with Gasteiger partial charge in [0.15, 0.2) is 0 Å². The standard InChI is InChI=1S/C50H36N2/c1-4-14-37(15-5-1)24-25-38-26-30-42(31-27-38)51(41-18-8-3-9-19-41)44-34-35-50-48(36-44)47-22-12-13-23-49(47)52(50)43-32-28-40(29-33-43)46-21-11-10-20-45(46)39-16-6-2-7-17-39/h1-36H/b25-24+. The molecule has 1 aromatic heterocycles. The molecule has 8 aromatic carbocycles. The van der Waals surface area contributed by atoms with Crippen molar-refractivity contribution in [3.63, 3.8) is 0 Å². The van der Waals surface area contributed by atoms with Gasteiger partial charge in [0.1, 0.15) is 0 Å². The van der Waals surface area contributed by atoms with E-state index in [0.717, 1.165) is 28.3 Å². The Hall–Kier alpha value is -6.90. The Bertz CT molecular complexity index is 2640. The van der Waals surface area contributed by atoms with Crippen molar-refractivity contribution in [3.05, 3.63) is 217 Å². The molecule has 2 nitrogen and oxygen atoms in total. The number of benzene rings is 8. The summed E-state index contributed by atoms with van der Waals surface area (Å²) in [6.07, 6.45) is 4.33. The predicted octanol–water partition coefficient (Wildman–Crippen LogP) is 13.8. The highest BCUT2D eigenvalue weighted by molar-refractivity contribution is 6.10. The molecule has 2 heteroatoms. The molecule has 0 spiro atoms. The van der Waals surface area contributed by atoms with E-state index < -0.39 is 0 Å². The SMILES string of the molecule is C(=C\c1ccc(N(c2ccccc2)c2ccc3c(c2)c2ccccc2n3-c2ccc(-c3ccccc3-c3ccccc3)cc2)cc1)/c1ccccc1. The average Bonchev–Trinajstić information content (AvgIpc) is 3.55. The molecule has 0 N–H and O–H groups in total. The van der Waals surface area contributed by atoms with Crippen LogP contribution >= 0.6 is 0 Å². The number of rotatable bonds is 8. The normalized spacial score (nSPS) is 11.4. The number of hydrogen-bond donors (Lipinski definition) is 0. The maximum atomic E-state index is 2.39. The zero-order valence-electron chi connectivity index (χ0n) is 28.7. The zero-order chi connectivity index (χ0) is 34.7. The summed E-state index contributed by atoms with van der Waals surface area (Å²) in [5.41, 5.74) is 14.1. The molecule has 9 aromatic rings. The van der Waals surface area contributed by atoms with Crippen molar-refractivity contribution < 1.29 is 0 Å². The second-order valence-corrected chi connectivity index (χ2v) is 13.0. The number of nitrogens with zero attached hydrogens (tertiary/aromatic N) is 2. The van der Waals surface area contributed by atoms with Gasteiger partial charge >= 0.3 is 0 Å². The van der Waals surface area contributed by atoms with Crippen LogP contribution in [0.25, 0.3) is 61.9 Å². The molecule has 0 aliphatic carbocycles. The molecule has 0 saturated heterocycles. The Morgan fingerprint density at radius 2 is 0.846 bits per heavy atom. The van der Waals surface area contributed by atoms with Gasteiger partial charge in [-0.15, -0.1) is 0 Å².